The first-order valence-corrected chi connectivity index (χ1v) is 9.71. The molecule has 0 atom stereocenters. The highest BCUT2D eigenvalue weighted by molar-refractivity contribution is 6.51. The molecule has 0 saturated heterocycles. The zero-order valence-electron chi connectivity index (χ0n) is 16.8. The Morgan fingerprint density at radius 2 is 1.66 bits per heavy atom. The van der Waals surface area contributed by atoms with Gasteiger partial charge in [0.2, 0.25) is 0 Å². The van der Waals surface area contributed by atoms with E-state index in [1.807, 2.05) is 62.6 Å². The smallest absolute Gasteiger partial charge is 0.344 e. The van der Waals surface area contributed by atoms with Crippen LogP contribution in [0.2, 0.25) is 6.82 Å². The van der Waals surface area contributed by atoms with Crippen LogP contribution in [0.1, 0.15) is 18.1 Å². The second-order valence-electron chi connectivity index (χ2n) is 6.94. The van der Waals surface area contributed by atoms with Gasteiger partial charge >= 0.3 is 5.63 Å². The van der Waals surface area contributed by atoms with Gasteiger partial charge in [0.15, 0.2) is 11.5 Å². The van der Waals surface area contributed by atoms with Gasteiger partial charge in [0.05, 0.1) is 12.5 Å². The molecule has 29 heavy (non-hydrogen) atoms. The molecule has 1 aromatic heterocycles. The second-order valence-corrected chi connectivity index (χ2v) is 6.94. The maximum Gasteiger partial charge on any atom is 0.344 e. The molecule has 3 aromatic carbocycles. The first-order chi connectivity index (χ1) is 14.1. The molecule has 0 amide bonds. The first-order valence-electron chi connectivity index (χ1n) is 9.71. The Hall–Kier alpha value is -3.21. The average molecular weight is 385 g/mol. The van der Waals surface area contributed by atoms with Gasteiger partial charge in [-0.1, -0.05) is 55.6 Å². The summed E-state index contributed by atoms with van der Waals surface area (Å²) in [4.78, 5) is 12.5. The third kappa shape index (κ3) is 3.73. The zero-order valence-corrected chi connectivity index (χ0v) is 16.8. The molecule has 0 aliphatic rings. The Bertz CT molecular complexity index is 1230. The SMILES string of the molecule is C[B]c1ccc(COc2cc3oc(=O)c4cc(CC)ccc4c3cc2OC)cc1. The van der Waals surface area contributed by atoms with Crippen molar-refractivity contribution < 1.29 is 13.9 Å². The number of rotatable bonds is 6. The Labute approximate surface area is 170 Å². The summed E-state index contributed by atoms with van der Waals surface area (Å²) < 4.78 is 17.1. The predicted molar refractivity (Wildman–Crippen MR) is 118 cm³/mol. The highest BCUT2D eigenvalue weighted by atomic mass is 16.5. The van der Waals surface area contributed by atoms with Gasteiger partial charge in [0.25, 0.3) is 0 Å². The second kappa shape index (κ2) is 8.04. The molecule has 1 radical (unpaired) electrons. The van der Waals surface area contributed by atoms with Crippen LogP contribution in [0.15, 0.2) is 63.8 Å². The Balaban J connectivity index is 1.74. The van der Waals surface area contributed by atoms with Crippen molar-refractivity contribution in [1.29, 1.82) is 0 Å². The summed E-state index contributed by atoms with van der Waals surface area (Å²) in [6, 6.07) is 17.7. The van der Waals surface area contributed by atoms with Gasteiger partial charge in [0.1, 0.15) is 19.5 Å². The van der Waals surface area contributed by atoms with Crippen LogP contribution >= 0.6 is 0 Å². The van der Waals surface area contributed by atoms with E-state index in [1.54, 1.807) is 13.2 Å². The van der Waals surface area contributed by atoms with Crippen molar-refractivity contribution in [2.24, 2.45) is 0 Å². The van der Waals surface area contributed by atoms with Crippen molar-refractivity contribution >= 4 is 34.5 Å². The van der Waals surface area contributed by atoms with Crippen LogP contribution in [0.5, 0.6) is 11.5 Å². The molecule has 5 heteroatoms. The van der Waals surface area contributed by atoms with Gasteiger partial charge in [-0.2, -0.15) is 0 Å². The van der Waals surface area contributed by atoms with Crippen LogP contribution in [0.4, 0.5) is 0 Å². The van der Waals surface area contributed by atoms with Gasteiger partial charge in [-0.15, -0.1) is 0 Å². The Morgan fingerprint density at radius 1 is 0.897 bits per heavy atom. The van der Waals surface area contributed by atoms with Crippen molar-refractivity contribution in [2.75, 3.05) is 7.11 Å². The first kappa shape index (κ1) is 19.1. The standard InChI is InChI=1S/C24H22BO4/c1-4-15-7-10-18-19-12-22(27-3)23(13-21(19)29-24(26)20(18)11-15)28-14-16-5-8-17(25-2)9-6-16/h5-13H,4,14H2,1-3H3. The minimum absolute atomic E-state index is 0.342. The zero-order chi connectivity index (χ0) is 20.4. The molecular formula is C24H22BO4. The number of benzene rings is 3. The topological polar surface area (TPSA) is 48.7 Å². The maximum atomic E-state index is 12.5. The van der Waals surface area contributed by atoms with Crippen LogP contribution in [0.3, 0.4) is 0 Å². The molecule has 0 spiro atoms. The van der Waals surface area contributed by atoms with Gasteiger partial charge in [0, 0.05) is 16.8 Å². The van der Waals surface area contributed by atoms with E-state index < -0.39 is 0 Å². The van der Waals surface area contributed by atoms with Crippen LogP contribution in [0, 0.1) is 0 Å². The Kier molecular flexibility index (Phi) is 5.30. The number of hydrogen-bond acceptors (Lipinski definition) is 4. The average Bonchev–Trinajstić information content (AvgIpc) is 2.77. The van der Waals surface area contributed by atoms with E-state index in [-0.39, 0.29) is 5.63 Å². The van der Waals surface area contributed by atoms with Crippen molar-refractivity contribution in [3.8, 4) is 11.5 Å². The molecule has 0 saturated carbocycles. The van der Waals surface area contributed by atoms with Crippen LogP contribution in [-0.4, -0.2) is 14.4 Å². The lowest BCUT2D eigenvalue weighted by Gasteiger charge is -2.13. The largest absolute Gasteiger partial charge is 0.493 e. The molecule has 0 fully saturated rings. The third-order valence-electron chi connectivity index (χ3n) is 5.18. The van der Waals surface area contributed by atoms with Crippen LogP contribution in [-0.2, 0) is 13.0 Å². The van der Waals surface area contributed by atoms with Gasteiger partial charge < -0.3 is 13.9 Å². The summed E-state index contributed by atoms with van der Waals surface area (Å²) in [5.74, 6) is 1.14. The van der Waals surface area contributed by atoms with E-state index in [0.717, 1.165) is 33.8 Å². The molecule has 0 aliphatic heterocycles. The fourth-order valence-corrected chi connectivity index (χ4v) is 3.45. The molecule has 4 aromatic rings. The minimum Gasteiger partial charge on any atom is -0.493 e. The third-order valence-corrected chi connectivity index (χ3v) is 5.18. The normalized spacial score (nSPS) is 11.0. The van der Waals surface area contributed by atoms with Crippen molar-refractivity contribution in [1.82, 2.24) is 0 Å². The van der Waals surface area contributed by atoms with Crippen molar-refractivity contribution in [2.45, 2.75) is 26.8 Å². The van der Waals surface area contributed by atoms with E-state index >= 15 is 0 Å². The number of methoxy groups -OCH3 is 1. The summed E-state index contributed by atoms with van der Waals surface area (Å²) in [5.41, 5.74) is 3.45. The number of hydrogen-bond donors (Lipinski definition) is 0. The highest BCUT2D eigenvalue weighted by Crippen LogP contribution is 2.35. The molecule has 0 bridgehead atoms. The molecule has 0 unspecified atom stereocenters. The molecule has 4 rings (SSSR count). The summed E-state index contributed by atoms with van der Waals surface area (Å²) in [6.07, 6.45) is 0.862. The quantitative estimate of drug-likeness (QED) is 0.279. The van der Waals surface area contributed by atoms with E-state index in [4.69, 9.17) is 13.9 Å². The van der Waals surface area contributed by atoms with E-state index in [2.05, 4.69) is 6.92 Å². The molecule has 4 nitrogen and oxygen atoms in total. The lowest BCUT2D eigenvalue weighted by Crippen LogP contribution is -2.10. The van der Waals surface area contributed by atoms with Gasteiger partial charge in [-0.3, -0.25) is 0 Å². The van der Waals surface area contributed by atoms with Crippen molar-refractivity contribution in [3.63, 3.8) is 0 Å². The number of fused-ring (bicyclic) bond motifs is 3. The summed E-state index contributed by atoms with van der Waals surface area (Å²) in [6.45, 7) is 4.46. The molecular weight excluding hydrogens is 363 g/mol. The summed E-state index contributed by atoms with van der Waals surface area (Å²) >= 11 is 0. The molecule has 145 valence electrons. The molecule has 0 N–H and O–H groups in total. The maximum absolute atomic E-state index is 12.5. The van der Waals surface area contributed by atoms with E-state index in [9.17, 15) is 4.79 Å². The lowest BCUT2D eigenvalue weighted by atomic mass is 9.73. The Morgan fingerprint density at radius 3 is 2.34 bits per heavy atom. The predicted octanol–water partition coefficient (Wildman–Crippen LogP) is 4.47. The molecule has 1 heterocycles. The van der Waals surface area contributed by atoms with Crippen LogP contribution in [0.25, 0.3) is 21.7 Å². The highest BCUT2D eigenvalue weighted by Gasteiger charge is 2.14. The number of aryl methyl sites for hydroxylation is 1. The van der Waals surface area contributed by atoms with Gasteiger partial charge in [-0.25, -0.2) is 4.79 Å². The lowest BCUT2D eigenvalue weighted by molar-refractivity contribution is 0.284. The number of ether oxygens (including phenoxy) is 2. The fourth-order valence-electron chi connectivity index (χ4n) is 3.45. The minimum atomic E-state index is -0.342. The van der Waals surface area contributed by atoms with E-state index in [1.165, 1.54) is 0 Å². The monoisotopic (exact) mass is 385 g/mol. The van der Waals surface area contributed by atoms with E-state index in [0.29, 0.717) is 29.1 Å². The summed E-state index contributed by atoms with van der Waals surface area (Å²) in [5, 5.41) is 2.26. The van der Waals surface area contributed by atoms with Crippen molar-refractivity contribution in [3.05, 3.63) is 76.1 Å². The van der Waals surface area contributed by atoms with Gasteiger partial charge in [-0.05, 0) is 29.7 Å². The fraction of sp³-hybridized carbons (Fsp3) is 0.208. The summed E-state index contributed by atoms with van der Waals surface area (Å²) in [7, 11) is 3.66. The van der Waals surface area contributed by atoms with Crippen LogP contribution < -0.4 is 20.6 Å². The molecule has 0 aliphatic carbocycles.